The zero-order valence-electron chi connectivity index (χ0n) is 27.4. The number of hydrogen-bond donors (Lipinski definition) is 1. The molecule has 2 aromatic heterocycles. The Morgan fingerprint density at radius 1 is 1.02 bits per heavy atom. The molecule has 0 saturated carbocycles. The number of pyridine rings is 1. The minimum Gasteiger partial charge on any atom is -0.373 e. The van der Waals surface area contributed by atoms with Crippen LogP contribution in [-0.4, -0.2) is 62.4 Å². The molecule has 7 rings (SSSR count). The van der Waals surface area contributed by atoms with Crippen LogP contribution in [0, 0.1) is 11.3 Å². The number of hydrogen-bond acceptors (Lipinski definition) is 8. The summed E-state index contributed by atoms with van der Waals surface area (Å²) in [4.78, 5) is 21.7. The van der Waals surface area contributed by atoms with Crippen LogP contribution in [0.4, 0.5) is 38.0 Å². The van der Waals surface area contributed by atoms with Gasteiger partial charge in [0.1, 0.15) is 18.0 Å². The second-order valence-corrected chi connectivity index (χ2v) is 13.1. The van der Waals surface area contributed by atoms with E-state index in [1.54, 1.807) is 7.05 Å². The molecule has 3 aliphatic heterocycles. The molecule has 266 valence electrons. The van der Waals surface area contributed by atoms with Gasteiger partial charge in [0.05, 0.1) is 35.9 Å². The number of nitrogens with zero attached hydrogens (tertiary/aromatic N) is 7. The average molecular weight is 711 g/mol. The number of aryl methyl sites for hydroxylation is 1. The van der Waals surface area contributed by atoms with Gasteiger partial charge in [0.15, 0.2) is 5.82 Å². The van der Waals surface area contributed by atoms with E-state index in [9.17, 15) is 31.1 Å². The van der Waals surface area contributed by atoms with Gasteiger partial charge >= 0.3 is 12.4 Å². The van der Waals surface area contributed by atoms with E-state index in [1.807, 2.05) is 11.0 Å². The maximum Gasteiger partial charge on any atom is 0.416 e. The number of benzene rings is 2. The van der Waals surface area contributed by atoms with Crippen molar-refractivity contribution in [3.63, 3.8) is 0 Å². The van der Waals surface area contributed by atoms with Gasteiger partial charge in [-0.15, -0.1) is 10.2 Å². The number of fused-ring (bicyclic) bond motifs is 1. The summed E-state index contributed by atoms with van der Waals surface area (Å²) < 4.78 is 93.0. The van der Waals surface area contributed by atoms with E-state index in [0.717, 1.165) is 35.9 Å². The van der Waals surface area contributed by atoms with Crippen LogP contribution >= 0.6 is 0 Å². The summed E-state index contributed by atoms with van der Waals surface area (Å²) in [6.07, 6.45) is -5.73. The van der Waals surface area contributed by atoms with E-state index in [1.165, 1.54) is 35.2 Å². The second kappa shape index (κ2) is 13.0. The zero-order valence-corrected chi connectivity index (χ0v) is 27.4. The minimum atomic E-state index is -4.76. The Balaban J connectivity index is 1.30. The summed E-state index contributed by atoms with van der Waals surface area (Å²) in [5.41, 5.74) is -1.50. The van der Waals surface area contributed by atoms with Crippen molar-refractivity contribution in [1.29, 1.82) is 5.26 Å². The van der Waals surface area contributed by atoms with Crippen LogP contribution in [0.25, 0.3) is 22.5 Å². The Morgan fingerprint density at radius 2 is 1.82 bits per heavy atom. The van der Waals surface area contributed by atoms with Gasteiger partial charge in [-0.05, 0) is 77.6 Å². The predicted octanol–water partition coefficient (Wildman–Crippen LogP) is 6.82. The molecule has 1 unspecified atom stereocenters. The molecule has 0 radical (unpaired) electrons. The number of carbonyl (C=O) groups excluding carboxylic acids is 1. The number of anilines is 2. The van der Waals surface area contributed by atoms with Crippen LogP contribution in [-0.2, 0) is 37.2 Å². The first-order valence-corrected chi connectivity index (χ1v) is 16.3. The Bertz CT molecular complexity index is 2030. The van der Waals surface area contributed by atoms with Gasteiger partial charge < -0.3 is 14.6 Å². The number of carbonyl (C=O) groups is 1. The number of halogens is 6. The second-order valence-electron chi connectivity index (χ2n) is 13.1. The molecule has 2 aromatic carbocycles. The fourth-order valence-electron chi connectivity index (χ4n) is 7.00. The molecule has 16 heteroatoms. The highest BCUT2D eigenvalue weighted by atomic mass is 19.4. The van der Waals surface area contributed by atoms with Crippen molar-refractivity contribution >= 4 is 17.5 Å². The number of rotatable bonds is 9. The van der Waals surface area contributed by atoms with E-state index < -0.39 is 35.9 Å². The van der Waals surface area contributed by atoms with Crippen molar-refractivity contribution < 1.29 is 35.9 Å². The highest BCUT2D eigenvalue weighted by molar-refractivity contribution is 6.10. The van der Waals surface area contributed by atoms with Crippen molar-refractivity contribution in [3.8, 4) is 28.6 Å². The number of alkyl halides is 6. The fourth-order valence-corrected chi connectivity index (χ4v) is 7.00. The molecule has 5 heterocycles. The third kappa shape index (κ3) is 6.75. The van der Waals surface area contributed by atoms with Gasteiger partial charge in [-0.3, -0.25) is 14.6 Å². The molecule has 1 N–H and O–H groups in total. The molecular weight excluding hydrogens is 678 g/mol. The van der Waals surface area contributed by atoms with Crippen molar-refractivity contribution in [2.45, 2.75) is 56.7 Å². The van der Waals surface area contributed by atoms with Crippen molar-refractivity contribution in [1.82, 2.24) is 24.6 Å². The maximum absolute atomic E-state index is 14.6. The fraction of sp³-hybridized carbons (Fsp3) is 0.400. The molecule has 0 bridgehead atoms. The number of ether oxygens (including phenoxy) is 1. The van der Waals surface area contributed by atoms with Crippen LogP contribution < -0.4 is 10.2 Å². The highest BCUT2D eigenvalue weighted by Crippen LogP contribution is 2.43. The first-order chi connectivity index (χ1) is 24.2. The van der Waals surface area contributed by atoms with Gasteiger partial charge in [0, 0.05) is 57.2 Å². The zero-order chi connectivity index (χ0) is 36.1. The SMILES string of the molecule is Cn1cnnc1-c1ccc(C(F)(F)F)cc1-c1cc(NCCCC#N)nc(N2Cc3c(cc(CN4CCC5(CCO5)C4)cc3C(F)(F)F)C2=O)c1. The maximum atomic E-state index is 14.6. The van der Waals surface area contributed by atoms with Crippen molar-refractivity contribution in [2.75, 3.05) is 36.5 Å². The first kappa shape index (κ1) is 34.4. The molecular formula is C35H32F6N8O2. The van der Waals surface area contributed by atoms with E-state index >= 15 is 0 Å². The Labute approximate surface area is 288 Å². The van der Waals surface area contributed by atoms with Crippen LogP contribution in [0.1, 0.15) is 58.3 Å². The third-order valence-electron chi connectivity index (χ3n) is 9.64. The smallest absolute Gasteiger partial charge is 0.373 e. The summed E-state index contributed by atoms with van der Waals surface area (Å²) in [5.74, 6) is -0.352. The molecule has 1 atom stereocenters. The van der Waals surface area contributed by atoms with Crippen LogP contribution in [0.5, 0.6) is 0 Å². The van der Waals surface area contributed by atoms with Gasteiger partial charge in [-0.1, -0.05) is 0 Å². The molecule has 3 aliphatic rings. The molecule has 0 aliphatic carbocycles. The molecule has 1 amide bonds. The van der Waals surface area contributed by atoms with Gasteiger partial charge in [0.25, 0.3) is 5.91 Å². The normalized spacial score (nSPS) is 19.0. The van der Waals surface area contributed by atoms with Crippen LogP contribution in [0.2, 0.25) is 0 Å². The highest BCUT2D eigenvalue weighted by Gasteiger charge is 2.45. The lowest BCUT2D eigenvalue weighted by Gasteiger charge is -2.38. The van der Waals surface area contributed by atoms with Crippen LogP contribution in [0.15, 0.2) is 48.8 Å². The molecule has 10 nitrogen and oxygen atoms in total. The Morgan fingerprint density at radius 3 is 2.47 bits per heavy atom. The number of unbranched alkanes of at least 4 members (excludes halogenated alkanes) is 1. The Hall–Kier alpha value is -5.01. The summed E-state index contributed by atoms with van der Waals surface area (Å²) in [7, 11) is 1.63. The number of likely N-dealkylation sites (tertiary alicyclic amines) is 1. The van der Waals surface area contributed by atoms with Gasteiger partial charge in [0.2, 0.25) is 0 Å². The molecule has 1 spiro atoms. The monoisotopic (exact) mass is 710 g/mol. The lowest BCUT2D eigenvalue weighted by molar-refractivity contribution is -0.139. The number of nitrogens with one attached hydrogen (secondary N) is 1. The first-order valence-electron chi connectivity index (χ1n) is 16.3. The van der Waals surface area contributed by atoms with Gasteiger partial charge in [-0.25, -0.2) is 4.98 Å². The average Bonchev–Trinajstić information content (AvgIpc) is 3.79. The summed E-state index contributed by atoms with van der Waals surface area (Å²) >= 11 is 0. The van der Waals surface area contributed by atoms with E-state index in [2.05, 4.69) is 20.5 Å². The lowest BCUT2D eigenvalue weighted by Crippen LogP contribution is -2.45. The largest absolute Gasteiger partial charge is 0.416 e. The third-order valence-corrected chi connectivity index (χ3v) is 9.64. The van der Waals surface area contributed by atoms with Crippen molar-refractivity contribution in [3.05, 3.63) is 76.6 Å². The molecule has 51 heavy (non-hydrogen) atoms. The van der Waals surface area contributed by atoms with E-state index in [0.29, 0.717) is 37.2 Å². The minimum absolute atomic E-state index is 0.0592. The predicted molar refractivity (Wildman–Crippen MR) is 173 cm³/mol. The quantitative estimate of drug-likeness (QED) is 0.149. The summed E-state index contributed by atoms with van der Waals surface area (Å²) in [6.45, 7) is 1.94. The summed E-state index contributed by atoms with van der Waals surface area (Å²) in [5, 5.41) is 20.0. The van der Waals surface area contributed by atoms with E-state index in [-0.39, 0.29) is 64.8 Å². The molecule has 2 fully saturated rings. The number of amides is 1. The topological polar surface area (TPSA) is 112 Å². The number of aromatic nitrogens is 4. The van der Waals surface area contributed by atoms with Crippen LogP contribution in [0.3, 0.4) is 0 Å². The Kier molecular flexibility index (Phi) is 8.75. The molecule has 2 saturated heterocycles. The standard InChI is InChI=1S/C35H32F6N8O2/c1-47-20-44-46-31(47)24-5-4-23(34(36,37)38)16-25(24)22-14-29(43-9-3-2-8-42)45-30(15-22)49-18-27-26(32(49)50)12-21(13-28(27)35(39,40)41)17-48-10-6-33(19-48)7-11-51-33/h4-5,12-16,20H,2-3,6-7,9-11,17-19H2,1H3,(H,43,45). The lowest BCUT2D eigenvalue weighted by atomic mass is 9.94. The number of nitriles is 1. The molecule has 4 aromatic rings. The van der Waals surface area contributed by atoms with Gasteiger partial charge in [-0.2, -0.15) is 31.6 Å². The van der Waals surface area contributed by atoms with Crippen molar-refractivity contribution in [2.24, 2.45) is 7.05 Å². The summed E-state index contributed by atoms with van der Waals surface area (Å²) in [6, 6.07) is 10.6. The van der Waals surface area contributed by atoms with E-state index in [4.69, 9.17) is 10.00 Å².